The largest absolute Gasteiger partial charge is 0.264 e. The Morgan fingerprint density at radius 3 is 2.22 bits per heavy atom. The number of sulfonamides is 1. The zero-order valence-electron chi connectivity index (χ0n) is 14.4. The summed E-state index contributed by atoms with van der Waals surface area (Å²) >= 11 is 18.3. The van der Waals surface area contributed by atoms with Gasteiger partial charge in [-0.25, -0.2) is 13.4 Å². The van der Waals surface area contributed by atoms with Crippen LogP contribution >= 0.6 is 34.8 Å². The number of anilines is 1. The summed E-state index contributed by atoms with van der Waals surface area (Å²) in [5.74, 6) is 0.189. The molecule has 0 saturated carbocycles. The van der Waals surface area contributed by atoms with E-state index in [1.807, 2.05) is 25.1 Å². The van der Waals surface area contributed by atoms with Crippen molar-refractivity contribution < 1.29 is 8.42 Å². The fraction of sp³-hybridized carbons (Fsp3) is 0.105. The van der Waals surface area contributed by atoms with Crippen molar-refractivity contribution in [1.82, 2.24) is 4.98 Å². The monoisotopic (exact) mass is 440 g/mol. The summed E-state index contributed by atoms with van der Waals surface area (Å²) in [6.07, 6.45) is 1.59. The highest BCUT2D eigenvalue weighted by Crippen LogP contribution is 2.32. The first-order valence-electron chi connectivity index (χ1n) is 7.89. The molecular weight excluding hydrogens is 427 g/mol. The predicted molar refractivity (Wildman–Crippen MR) is 111 cm³/mol. The van der Waals surface area contributed by atoms with Gasteiger partial charge in [-0.2, -0.15) is 0 Å². The van der Waals surface area contributed by atoms with E-state index >= 15 is 0 Å². The van der Waals surface area contributed by atoms with E-state index in [0.717, 1.165) is 16.7 Å². The number of hydrogen-bond acceptors (Lipinski definition) is 3. The first kappa shape index (κ1) is 20.0. The highest BCUT2D eigenvalue weighted by atomic mass is 35.5. The van der Waals surface area contributed by atoms with E-state index in [-0.39, 0.29) is 15.7 Å². The molecule has 0 unspecified atom stereocenters. The smallest absolute Gasteiger partial charge is 0.263 e. The van der Waals surface area contributed by atoms with Crippen LogP contribution in [-0.2, 0) is 10.0 Å². The van der Waals surface area contributed by atoms with Crippen LogP contribution in [0.25, 0.3) is 11.1 Å². The maximum atomic E-state index is 12.8. The van der Waals surface area contributed by atoms with Crippen LogP contribution in [0.15, 0.2) is 53.6 Å². The highest BCUT2D eigenvalue weighted by Gasteiger charge is 2.22. The Bertz CT molecular complexity index is 1110. The van der Waals surface area contributed by atoms with Crippen LogP contribution in [0.3, 0.4) is 0 Å². The molecule has 4 nitrogen and oxygen atoms in total. The summed E-state index contributed by atoms with van der Waals surface area (Å²) < 4.78 is 28.0. The van der Waals surface area contributed by atoms with Gasteiger partial charge in [0.25, 0.3) is 10.0 Å². The van der Waals surface area contributed by atoms with Crippen LogP contribution in [0, 0.1) is 13.8 Å². The van der Waals surface area contributed by atoms with E-state index in [9.17, 15) is 8.42 Å². The van der Waals surface area contributed by atoms with Gasteiger partial charge in [0.05, 0.1) is 5.02 Å². The average molecular weight is 442 g/mol. The molecule has 0 atom stereocenters. The number of pyridine rings is 1. The fourth-order valence-corrected chi connectivity index (χ4v) is 5.22. The summed E-state index contributed by atoms with van der Waals surface area (Å²) in [6.45, 7) is 3.49. The summed E-state index contributed by atoms with van der Waals surface area (Å²) in [6, 6.07) is 12.0. The van der Waals surface area contributed by atoms with Crippen LogP contribution in [0.5, 0.6) is 0 Å². The lowest BCUT2D eigenvalue weighted by Gasteiger charge is -2.14. The zero-order valence-corrected chi connectivity index (χ0v) is 17.5. The lowest BCUT2D eigenvalue weighted by Crippen LogP contribution is -2.16. The summed E-state index contributed by atoms with van der Waals surface area (Å²) in [4.78, 5) is 4.20. The Labute approximate surface area is 173 Å². The SMILES string of the molecule is Cc1cc(NS(=O)(=O)c2c(C)cc(Cl)cc2Cl)ncc1-c1ccccc1Cl. The maximum absolute atomic E-state index is 12.8. The molecule has 140 valence electrons. The standard InChI is InChI=1S/C19H15Cl3N2O2S/c1-11-8-18(23-10-15(11)14-5-3-4-6-16(14)21)24-27(25,26)19-12(2)7-13(20)9-17(19)22/h3-10H,1-2H3,(H,23,24). The normalized spacial score (nSPS) is 11.4. The van der Waals surface area contributed by atoms with E-state index in [1.54, 1.807) is 31.3 Å². The van der Waals surface area contributed by atoms with Gasteiger partial charge in [0, 0.05) is 27.4 Å². The second-order valence-electron chi connectivity index (χ2n) is 6.00. The molecule has 1 aromatic heterocycles. The van der Waals surface area contributed by atoms with E-state index in [4.69, 9.17) is 34.8 Å². The molecule has 3 rings (SSSR count). The molecule has 0 aliphatic carbocycles. The van der Waals surface area contributed by atoms with Crippen molar-refractivity contribution in [3.63, 3.8) is 0 Å². The first-order valence-corrected chi connectivity index (χ1v) is 10.5. The molecule has 0 spiro atoms. The van der Waals surface area contributed by atoms with Gasteiger partial charge in [0.1, 0.15) is 10.7 Å². The molecule has 8 heteroatoms. The minimum absolute atomic E-state index is 0.0248. The van der Waals surface area contributed by atoms with Crippen LogP contribution in [0.4, 0.5) is 5.82 Å². The lowest BCUT2D eigenvalue weighted by atomic mass is 10.0. The number of nitrogens with zero attached hydrogens (tertiary/aromatic N) is 1. The van der Waals surface area contributed by atoms with Gasteiger partial charge in [-0.15, -0.1) is 0 Å². The molecule has 27 heavy (non-hydrogen) atoms. The van der Waals surface area contributed by atoms with Crippen LogP contribution in [0.1, 0.15) is 11.1 Å². The maximum Gasteiger partial charge on any atom is 0.264 e. The Kier molecular flexibility index (Phi) is 5.68. The predicted octanol–water partition coefficient (Wildman–Crippen LogP) is 6.13. The summed E-state index contributed by atoms with van der Waals surface area (Å²) in [5.41, 5.74) is 2.93. The fourth-order valence-electron chi connectivity index (χ4n) is 2.79. The Balaban J connectivity index is 1.97. The molecule has 0 fully saturated rings. The van der Waals surface area contributed by atoms with E-state index in [1.165, 1.54) is 6.07 Å². The number of nitrogens with one attached hydrogen (secondary N) is 1. The number of hydrogen-bond donors (Lipinski definition) is 1. The second-order valence-corrected chi connectivity index (χ2v) is 8.87. The third-order valence-electron chi connectivity index (χ3n) is 3.98. The third kappa shape index (κ3) is 4.22. The van der Waals surface area contributed by atoms with Gasteiger partial charge in [-0.1, -0.05) is 53.0 Å². The van der Waals surface area contributed by atoms with Gasteiger partial charge >= 0.3 is 0 Å². The number of benzene rings is 2. The van der Waals surface area contributed by atoms with Gasteiger partial charge < -0.3 is 0 Å². The molecule has 3 aromatic rings. The van der Waals surface area contributed by atoms with Crippen LogP contribution < -0.4 is 4.72 Å². The molecule has 1 N–H and O–H groups in total. The van der Waals surface area contributed by atoms with Gasteiger partial charge in [-0.05, 0) is 49.2 Å². The van der Waals surface area contributed by atoms with Gasteiger partial charge in [-0.3, -0.25) is 4.72 Å². The van der Waals surface area contributed by atoms with Crippen molar-refractivity contribution in [2.45, 2.75) is 18.7 Å². The van der Waals surface area contributed by atoms with E-state index in [0.29, 0.717) is 15.6 Å². The second kappa shape index (κ2) is 7.68. The topological polar surface area (TPSA) is 59.1 Å². The Morgan fingerprint density at radius 2 is 1.59 bits per heavy atom. The van der Waals surface area contributed by atoms with Crippen LogP contribution in [0.2, 0.25) is 15.1 Å². The molecule has 1 heterocycles. The minimum atomic E-state index is -3.92. The number of aryl methyl sites for hydroxylation is 2. The van der Waals surface area contributed by atoms with Gasteiger partial charge in [0.2, 0.25) is 0 Å². The lowest BCUT2D eigenvalue weighted by molar-refractivity contribution is 0.600. The van der Waals surface area contributed by atoms with Gasteiger partial charge in [0.15, 0.2) is 0 Å². The number of halogens is 3. The van der Waals surface area contributed by atoms with Crippen molar-refractivity contribution in [1.29, 1.82) is 0 Å². The molecule has 0 radical (unpaired) electrons. The first-order chi connectivity index (χ1) is 12.7. The highest BCUT2D eigenvalue weighted by molar-refractivity contribution is 7.92. The van der Waals surface area contributed by atoms with Crippen molar-refractivity contribution in [2.24, 2.45) is 0 Å². The van der Waals surface area contributed by atoms with E-state index < -0.39 is 10.0 Å². The number of rotatable bonds is 4. The molecule has 2 aromatic carbocycles. The Hall–Kier alpha value is -1.79. The van der Waals surface area contributed by atoms with Crippen molar-refractivity contribution in [2.75, 3.05) is 4.72 Å². The molecule has 0 saturated heterocycles. The third-order valence-corrected chi connectivity index (χ3v) is 6.49. The molecule has 0 amide bonds. The molecule has 0 aliphatic rings. The summed E-state index contributed by atoms with van der Waals surface area (Å²) in [5, 5.41) is 1.02. The zero-order chi connectivity index (χ0) is 19.8. The molecular formula is C19H15Cl3N2O2S. The Morgan fingerprint density at radius 1 is 0.889 bits per heavy atom. The van der Waals surface area contributed by atoms with E-state index in [2.05, 4.69) is 9.71 Å². The van der Waals surface area contributed by atoms with Crippen molar-refractivity contribution in [3.05, 3.63) is 74.9 Å². The molecule has 0 aliphatic heterocycles. The minimum Gasteiger partial charge on any atom is -0.263 e. The quantitative estimate of drug-likeness (QED) is 0.530. The summed E-state index contributed by atoms with van der Waals surface area (Å²) in [7, 11) is -3.92. The molecule has 0 bridgehead atoms. The van der Waals surface area contributed by atoms with Crippen LogP contribution in [-0.4, -0.2) is 13.4 Å². The van der Waals surface area contributed by atoms with Crippen molar-refractivity contribution in [3.8, 4) is 11.1 Å². The average Bonchev–Trinajstić information content (AvgIpc) is 2.54. The number of aromatic nitrogens is 1. The van der Waals surface area contributed by atoms with Crippen molar-refractivity contribution >= 4 is 50.6 Å².